The van der Waals surface area contributed by atoms with Crippen molar-refractivity contribution in [3.05, 3.63) is 58.6 Å². The standard InChI is InChI=1S/C33H42ClN3O6/c1-2-3-17-37-29(38)27(21-32(42)13-5-4-6-14-32)35-31(41)33(37)15-18-36(19-16-33)22-23-7-12-28(26(34)20-23)43-25-10-8-24(9-11-25)30(39)40/h7-12,20,27,42H,2-6,13-19,21-22H2,1H3,(H,35,41)(H,39,40)/t27-/m1/s1. The molecule has 5 rings (SSSR count). The third-order valence-electron chi connectivity index (χ3n) is 9.33. The molecule has 0 bridgehead atoms. The number of amides is 2. The van der Waals surface area contributed by atoms with E-state index >= 15 is 0 Å². The number of hydrogen-bond donors (Lipinski definition) is 3. The molecule has 1 saturated carbocycles. The lowest BCUT2D eigenvalue weighted by Crippen LogP contribution is -2.73. The molecule has 2 amide bonds. The summed E-state index contributed by atoms with van der Waals surface area (Å²) in [5, 5.41) is 23.7. The zero-order chi connectivity index (χ0) is 30.6. The molecule has 2 heterocycles. The Bertz CT molecular complexity index is 1320. The Labute approximate surface area is 258 Å². The maximum absolute atomic E-state index is 13.8. The summed E-state index contributed by atoms with van der Waals surface area (Å²) in [7, 11) is 0. The summed E-state index contributed by atoms with van der Waals surface area (Å²) < 4.78 is 5.86. The Kier molecular flexibility index (Phi) is 9.63. The predicted molar refractivity (Wildman–Crippen MR) is 163 cm³/mol. The normalized spacial score (nSPS) is 21.9. The highest BCUT2D eigenvalue weighted by atomic mass is 35.5. The number of rotatable bonds is 10. The maximum atomic E-state index is 13.8. The molecule has 10 heteroatoms. The molecule has 0 radical (unpaired) electrons. The Morgan fingerprint density at radius 3 is 2.37 bits per heavy atom. The van der Waals surface area contributed by atoms with Crippen LogP contribution in [0, 0.1) is 0 Å². The second kappa shape index (κ2) is 13.2. The number of carbonyl (C=O) groups is 3. The number of carbonyl (C=O) groups excluding carboxylic acids is 2. The van der Waals surface area contributed by atoms with Gasteiger partial charge in [-0.2, -0.15) is 0 Å². The van der Waals surface area contributed by atoms with Crippen LogP contribution in [-0.2, 0) is 16.1 Å². The summed E-state index contributed by atoms with van der Waals surface area (Å²) in [5.74, 6) is -0.180. The number of likely N-dealkylation sites (tertiary alicyclic amines) is 1. The van der Waals surface area contributed by atoms with Crippen molar-refractivity contribution >= 4 is 29.4 Å². The molecule has 3 N–H and O–H groups in total. The zero-order valence-electron chi connectivity index (χ0n) is 24.8. The van der Waals surface area contributed by atoms with Crippen LogP contribution in [-0.4, -0.2) is 74.6 Å². The Morgan fingerprint density at radius 2 is 1.74 bits per heavy atom. The number of unbranched alkanes of at least 4 members (excludes halogenated alkanes) is 1. The van der Waals surface area contributed by atoms with Gasteiger partial charge in [0.2, 0.25) is 11.8 Å². The molecular formula is C33H42ClN3O6. The van der Waals surface area contributed by atoms with Gasteiger partial charge in [0.15, 0.2) is 0 Å². The number of halogens is 1. The molecule has 3 aliphatic rings. The van der Waals surface area contributed by atoms with Gasteiger partial charge in [0.25, 0.3) is 0 Å². The molecular weight excluding hydrogens is 570 g/mol. The first-order valence-corrected chi connectivity index (χ1v) is 15.9. The molecule has 9 nitrogen and oxygen atoms in total. The van der Waals surface area contributed by atoms with E-state index in [-0.39, 0.29) is 23.8 Å². The minimum Gasteiger partial charge on any atom is -0.478 e. The van der Waals surface area contributed by atoms with Crippen LogP contribution >= 0.6 is 11.6 Å². The van der Waals surface area contributed by atoms with E-state index < -0.39 is 23.2 Å². The third-order valence-corrected chi connectivity index (χ3v) is 9.62. The first kappa shape index (κ1) is 31.3. The Balaban J connectivity index is 1.22. The van der Waals surface area contributed by atoms with Crippen LogP contribution in [0.25, 0.3) is 0 Å². The lowest BCUT2D eigenvalue weighted by atomic mass is 9.77. The quantitative estimate of drug-likeness (QED) is 0.330. The second-order valence-corrected chi connectivity index (χ2v) is 12.8. The Morgan fingerprint density at radius 1 is 1.05 bits per heavy atom. The van der Waals surface area contributed by atoms with Gasteiger partial charge in [-0.25, -0.2) is 4.79 Å². The van der Waals surface area contributed by atoms with Gasteiger partial charge >= 0.3 is 5.97 Å². The number of nitrogens with one attached hydrogen (secondary N) is 1. The highest BCUT2D eigenvalue weighted by Gasteiger charge is 2.54. The number of hydrogen-bond acceptors (Lipinski definition) is 6. The van der Waals surface area contributed by atoms with E-state index in [2.05, 4.69) is 17.1 Å². The van der Waals surface area contributed by atoms with Gasteiger partial charge < -0.3 is 25.2 Å². The molecule has 2 aromatic carbocycles. The van der Waals surface area contributed by atoms with E-state index in [0.29, 0.717) is 68.4 Å². The number of benzene rings is 2. The largest absolute Gasteiger partial charge is 0.478 e. The number of ether oxygens (including phenoxy) is 1. The zero-order valence-corrected chi connectivity index (χ0v) is 25.6. The summed E-state index contributed by atoms with van der Waals surface area (Å²) in [4.78, 5) is 42.7. The smallest absolute Gasteiger partial charge is 0.335 e. The first-order valence-electron chi connectivity index (χ1n) is 15.5. The minimum atomic E-state index is -1.000. The van der Waals surface area contributed by atoms with Gasteiger partial charge in [0.05, 0.1) is 16.2 Å². The molecule has 232 valence electrons. The number of aliphatic hydroxyl groups is 1. The summed E-state index contributed by atoms with van der Waals surface area (Å²) in [6, 6.07) is 11.1. The van der Waals surface area contributed by atoms with Crippen LogP contribution in [0.1, 0.15) is 87.1 Å². The summed E-state index contributed by atoms with van der Waals surface area (Å²) >= 11 is 6.54. The van der Waals surface area contributed by atoms with E-state index in [1.54, 1.807) is 18.2 Å². The molecule has 43 heavy (non-hydrogen) atoms. The highest BCUT2D eigenvalue weighted by Crippen LogP contribution is 2.38. The maximum Gasteiger partial charge on any atom is 0.335 e. The molecule has 0 unspecified atom stereocenters. The molecule has 1 spiro atoms. The van der Waals surface area contributed by atoms with Gasteiger partial charge in [0.1, 0.15) is 23.1 Å². The van der Waals surface area contributed by atoms with Crippen LogP contribution in [0.15, 0.2) is 42.5 Å². The number of piperazine rings is 1. The van der Waals surface area contributed by atoms with E-state index in [0.717, 1.165) is 37.7 Å². The fraction of sp³-hybridized carbons (Fsp3) is 0.545. The predicted octanol–water partition coefficient (Wildman–Crippen LogP) is 5.38. The number of carboxylic acids is 1. The van der Waals surface area contributed by atoms with Crippen LogP contribution in [0.2, 0.25) is 5.02 Å². The molecule has 2 saturated heterocycles. The van der Waals surface area contributed by atoms with Gasteiger partial charge in [-0.15, -0.1) is 0 Å². The second-order valence-electron chi connectivity index (χ2n) is 12.4. The van der Waals surface area contributed by atoms with Gasteiger partial charge in [0, 0.05) is 32.6 Å². The third kappa shape index (κ3) is 7.00. The van der Waals surface area contributed by atoms with E-state index in [4.69, 9.17) is 21.4 Å². The topological polar surface area (TPSA) is 119 Å². The molecule has 1 atom stereocenters. The molecule has 2 aliphatic heterocycles. The summed E-state index contributed by atoms with van der Waals surface area (Å²) in [5.41, 5.74) is -0.566. The van der Waals surface area contributed by atoms with E-state index in [1.165, 1.54) is 12.1 Å². The van der Waals surface area contributed by atoms with Gasteiger partial charge in [-0.3, -0.25) is 14.5 Å². The van der Waals surface area contributed by atoms with Crippen molar-refractivity contribution in [2.45, 2.75) is 94.9 Å². The van der Waals surface area contributed by atoms with Crippen molar-refractivity contribution in [3.8, 4) is 11.5 Å². The van der Waals surface area contributed by atoms with Crippen LogP contribution in [0.4, 0.5) is 0 Å². The van der Waals surface area contributed by atoms with Gasteiger partial charge in [-0.05, 0) is 74.1 Å². The number of aromatic carboxylic acids is 1. The van der Waals surface area contributed by atoms with Crippen LogP contribution in [0.3, 0.4) is 0 Å². The van der Waals surface area contributed by atoms with Crippen molar-refractivity contribution in [1.82, 2.24) is 15.1 Å². The van der Waals surface area contributed by atoms with E-state index in [9.17, 15) is 19.5 Å². The first-order chi connectivity index (χ1) is 20.6. The monoisotopic (exact) mass is 611 g/mol. The molecule has 0 aromatic heterocycles. The minimum absolute atomic E-state index is 0.0551. The SMILES string of the molecule is CCCCN1C(=O)[C@@H](CC2(O)CCCCC2)NC(=O)C12CCN(Cc1ccc(Oc3ccc(C(=O)O)cc3)c(Cl)c1)CC2. The van der Waals surface area contributed by atoms with Gasteiger partial charge in [-0.1, -0.05) is 50.3 Å². The van der Waals surface area contributed by atoms with Crippen molar-refractivity contribution < 1.29 is 29.3 Å². The summed E-state index contributed by atoms with van der Waals surface area (Å²) in [6.45, 7) is 4.59. The fourth-order valence-electron chi connectivity index (χ4n) is 6.80. The molecule has 3 fully saturated rings. The van der Waals surface area contributed by atoms with Crippen molar-refractivity contribution in [2.24, 2.45) is 0 Å². The van der Waals surface area contributed by atoms with E-state index in [1.807, 2.05) is 17.0 Å². The van der Waals surface area contributed by atoms with Crippen LogP contribution in [0.5, 0.6) is 11.5 Å². The van der Waals surface area contributed by atoms with Crippen molar-refractivity contribution in [3.63, 3.8) is 0 Å². The average Bonchev–Trinajstić information content (AvgIpc) is 2.99. The lowest BCUT2D eigenvalue weighted by Gasteiger charge is -2.52. The molecule has 2 aromatic rings. The number of nitrogens with zero attached hydrogens (tertiary/aromatic N) is 2. The lowest BCUT2D eigenvalue weighted by molar-refractivity contribution is -0.163. The molecule has 1 aliphatic carbocycles. The number of piperidine rings is 1. The van der Waals surface area contributed by atoms with Crippen LogP contribution < -0.4 is 10.1 Å². The fourth-order valence-corrected chi connectivity index (χ4v) is 7.04. The highest BCUT2D eigenvalue weighted by molar-refractivity contribution is 6.32. The van der Waals surface area contributed by atoms with Crippen molar-refractivity contribution in [1.29, 1.82) is 0 Å². The average molecular weight is 612 g/mol. The Hall–Kier alpha value is -3.14. The van der Waals surface area contributed by atoms with Crippen molar-refractivity contribution in [2.75, 3.05) is 19.6 Å². The number of carboxylic acid groups (broad SMARTS) is 1. The summed E-state index contributed by atoms with van der Waals surface area (Å²) in [6.07, 6.45) is 7.51.